The van der Waals surface area contributed by atoms with Gasteiger partial charge >= 0.3 is 13.6 Å². The maximum absolute atomic E-state index is 13.5. The van der Waals surface area contributed by atoms with Crippen molar-refractivity contribution in [2.24, 2.45) is 0 Å². The molecule has 0 saturated heterocycles. The highest BCUT2D eigenvalue weighted by Gasteiger charge is 2.37. The fourth-order valence-electron chi connectivity index (χ4n) is 2.82. The normalized spacial score (nSPS) is 12.6. The Hall–Kier alpha value is -2.14. The van der Waals surface area contributed by atoms with Gasteiger partial charge in [0.15, 0.2) is 5.78 Å². The van der Waals surface area contributed by atoms with Gasteiger partial charge in [-0.1, -0.05) is 36.4 Å². The zero-order valence-corrected chi connectivity index (χ0v) is 16.7. The second-order valence-electron chi connectivity index (χ2n) is 6.05. The van der Waals surface area contributed by atoms with Gasteiger partial charge in [-0.3, -0.25) is 9.36 Å². The molecule has 0 radical (unpaired) electrons. The van der Waals surface area contributed by atoms with E-state index in [1.165, 1.54) is 0 Å². The van der Waals surface area contributed by atoms with Gasteiger partial charge in [-0.2, -0.15) is 0 Å². The molecule has 2 aromatic carbocycles. The van der Waals surface area contributed by atoms with Crippen LogP contribution in [0.5, 0.6) is 0 Å². The van der Waals surface area contributed by atoms with Crippen LogP contribution in [0.3, 0.4) is 0 Å². The van der Waals surface area contributed by atoms with Gasteiger partial charge in [-0.25, -0.2) is 0 Å². The molecule has 0 aliphatic carbocycles. The molecule has 0 aliphatic rings. The van der Waals surface area contributed by atoms with Crippen molar-refractivity contribution in [3.8, 4) is 0 Å². The average Bonchev–Trinajstić information content (AvgIpc) is 2.62. The molecule has 0 aromatic heterocycles. The lowest BCUT2D eigenvalue weighted by Crippen LogP contribution is -2.16. The van der Waals surface area contributed by atoms with Gasteiger partial charge in [0, 0.05) is 5.69 Å². The van der Waals surface area contributed by atoms with Gasteiger partial charge in [-0.05, 0) is 49.6 Å². The molecule has 2 aromatic rings. The lowest BCUT2D eigenvalue weighted by atomic mass is 10.1. The van der Waals surface area contributed by atoms with Gasteiger partial charge in [0.05, 0.1) is 19.6 Å². The molecule has 0 aliphatic heterocycles. The zero-order chi connectivity index (χ0) is 19.9. The third kappa shape index (κ3) is 5.67. The molecule has 0 spiro atoms. The Bertz CT molecular complexity index is 796. The summed E-state index contributed by atoms with van der Waals surface area (Å²) in [6.07, 6.45) is -0.0438. The smallest absolute Gasteiger partial charge is 0.357 e. The third-order valence-corrected chi connectivity index (χ3v) is 6.31. The highest BCUT2D eigenvalue weighted by molar-refractivity contribution is 7.54. The highest BCUT2D eigenvalue weighted by Crippen LogP contribution is 2.61. The van der Waals surface area contributed by atoms with Crippen molar-refractivity contribution in [2.75, 3.05) is 18.5 Å². The van der Waals surface area contributed by atoms with Crippen LogP contribution in [-0.4, -0.2) is 24.3 Å². The molecule has 2 N–H and O–H groups in total. The van der Waals surface area contributed by atoms with E-state index in [9.17, 15) is 9.36 Å². The number of benzene rings is 2. The summed E-state index contributed by atoms with van der Waals surface area (Å²) in [7, 11) is -3.48. The largest absolute Gasteiger partial charge is 0.481 e. The Morgan fingerprint density at radius 2 is 1.67 bits per heavy atom. The molecule has 0 fully saturated rings. The maximum Gasteiger partial charge on any atom is 0.357 e. The van der Waals surface area contributed by atoms with Crippen LogP contribution in [0.2, 0.25) is 0 Å². The summed E-state index contributed by atoms with van der Waals surface area (Å²) in [4.78, 5) is 10.8. The van der Waals surface area contributed by atoms with E-state index < -0.39 is 19.3 Å². The number of aryl methyl sites for hydroxylation is 1. The van der Waals surface area contributed by atoms with E-state index in [4.69, 9.17) is 14.2 Å². The molecule has 6 nitrogen and oxygen atoms in total. The van der Waals surface area contributed by atoms with E-state index in [1.807, 2.05) is 31.2 Å². The molecule has 7 heteroatoms. The van der Waals surface area contributed by atoms with Gasteiger partial charge in [0.2, 0.25) is 0 Å². The highest BCUT2D eigenvalue weighted by atomic mass is 31.2. The number of carboxylic acid groups (broad SMARTS) is 1. The van der Waals surface area contributed by atoms with Gasteiger partial charge in [0.25, 0.3) is 0 Å². The summed E-state index contributed by atoms with van der Waals surface area (Å²) in [5, 5.41) is 12.2. The topological polar surface area (TPSA) is 84.9 Å². The zero-order valence-electron chi connectivity index (χ0n) is 15.8. The van der Waals surface area contributed by atoms with Gasteiger partial charge in [-0.15, -0.1) is 0 Å². The monoisotopic (exact) mass is 391 g/mol. The molecule has 0 heterocycles. The second kappa shape index (κ2) is 9.70. The van der Waals surface area contributed by atoms with Crippen molar-refractivity contribution in [3.63, 3.8) is 0 Å². The first-order valence-corrected chi connectivity index (χ1v) is 10.5. The fraction of sp³-hybridized carbons (Fsp3) is 0.350. The van der Waals surface area contributed by atoms with Gasteiger partial charge < -0.3 is 19.5 Å². The molecule has 1 atom stereocenters. The van der Waals surface area contributed by atoms with Crippen LogP contribution < -0.4 is 5.32 Å². The number of hydrogen-bond acceptors (Lipinski definition) is 5. The SMILES string of the molecule is CCOP(=O)(OCC)C(Nc1ccc(CC(=O)O)cc1)c1ccccc1C. The predicted octanol–water partition coefficient (Wildman–Crippen LogP) is 5.00. The van der Waals surface area contributed by atoms with E-state index in [2.05, 4.69) is 5.32 Å². The Balaban J connectivity index is 2.39. The first-order chi connectivity index (χ1) is 12.9. The first kappa shape index (κ1) is 21.2. The summed E-state index contributed by atoms with van der Waals surface area (Å²) in [6.45, 7) is 6.03. The van der Waals surface area contributed by atoms with Crippen molar-refractivity contribution < 1.29 is 23.5 Å². The van der Waals surface area contributed by atoms with Crippen molar-refractivity contribution in [1.29, 1.82) is 0 Å². The summed E-state index contributed by atoms with van der Waals surface area (Å²) in [5.74, 6) is -1.56. The van der Waals surface area contributed by atoms with Crippen LogP contribution in [0.4, 0.5) is 5.69 Å². The molecular formula is C20H26NO5P. The Morgan fingerprint density at radius 3 is 2.19 bits per heavy atom. The molecule has 0 amide bonds. The maximum atomic E-state index is 13.5. The quantitative estimate of drug-likeness (QED) is 0.555. The van der Waals surface area contributed by atoms with Crippen LogP contribution in [0, 0.1) is 6.92 Å². The van der Waals surface area contributed by atoms with Crippen LogP contribution in [-0.2, 0) is 24.8 Å². The number of anilines is 1. The molecule has 27 heavy (non-hydrogen) atoms. The third-order valence-electron chi connectivity index (χ3n) is 4.03. The van der Waals surface area contributed by atoms with E-state index in [0.717, 1.165) is 11.1 Å². The average molecular weight is 391 g/mol. The predicted molar refractivity (Wildman–Crippen MR) is 106 cm³/mol. The van der Waals surface area contributed by atoms with E-state index >= 15 is 0 Å². The van der Waals surface area contributed by atoms with Gasteiger partial charge in [0.1, 0.15) is 0 Å². The number of carboxylic acids is 1. The number of hydrogen-bond donors (Lipinski definition) is 2. The molecule has 0 saturated carbocycles. The Labute approximate surface area is 160 Å². The minimum Gasteiger partial charge on any atom is -0.481 e. The van der Waals surface area contributed by atoms with Crippen LogP contribution in [0.25, 0.3) is 0 Å². The standard InChI is InChI=1S/C20H26NO5P/c1-4-25-27(24,26-5-2)20(18-9-7-6-8-15(18)3)21-17-12-10-16(11-13-17)14-19(22)23/h6-13,20-21H,4-5,14H2,1-3H3,(H,22,23). The molecule has 0 bridgehead atoms. The van der Waals surface area contributed by atoms with Crippen molar-refractivity contribution in [1.82, 2.24) is 0 Å². The number of nitrogens with one attached hydrogen (secondary N) is 1. The Morgan fingerprint density at radius 1 is 1.07 bits per heavy atom. The minimum atomic E-state index is -3.48. The summed E-state index contributed by atoms with van der Waals surface area (Å²) in [6, 6.07) is 14.7. The lowest BCUT2D eigenvalue weighted by Gasteiger charge is -2.29. The van der Waals surface area contributed by atoms with E-state index in [1.54, 1.807) is 38.1 Å². The number of carbonyl (C=O) groups is 1. The van der Waals surface area contributed by atoms with Crippen LogP contribution in [0.1, 0.15) is 36.3 Å². The second-order valence-corrected chi connectivity index (χ2v) is 8.16. The lowest BCUT2D eigenvalue weighted by molar-refractivity contribution is -0.136. The summed E-state index contributed by atoms with van der Waals surface area (Å²) in [5.41, 5.74) is 3.20. The number of rotatable bonds is 10. The molecule has 2 rings (SSSR count). The van der Waals surface area contributed by atoms with E-state index in [-0.39, 0.29) is 19.6 Å². The summed E-state index contributed by atoms with van der Waals surface area (Å²) < 4.78 is 24.7. The molecule has 146 valence electrons. The molecule has 1 unspecified atom stereocenters. The number of aliphatic carboxylic acids is 1. The van der Waals surface area contributed by atoms with Crippen LogP contribution >= 0.6 is 7.60 Å². The fourth-order valence-corrected chi connectivity index (χ4v) is 4.85. The van der Waals surface area contributed by atoms with E-state index in [0.29, 0.717) is 11.3 Å². The van der Waals surface area contributed by atoms with Crippen LogP contribution in [0.15, 0.2) is 48.5 Å². The molecular weight excluding hydrogens is 365 g/mol. The van der Waals surface area contributed by atoms with Crippen molar-refractivity contribution in [2.45, 2.75) is 33.0 Å². The van der Waals surface area contributed by atoms with Crippen molar-refractivity contribution >= 4 is 19.3 Å². The van der Waals surface area contributed by atoms with Crippen molar-refractivity contribution in [3.05, 3.63) is 65.2 Å². The minimum absolute atomic E-state index is 0.0438. The summed E-state index contributed by atoms with van der Waals surface area (Å²) >= 11 is 0. The Kier molecular flexibility index (Phi) is 7.60. The first-order valence-electron chi connectivity index (χ1n) is 8.91.